The number of alkyl halides is 1. The number of allylic oxidation sites excluding steroid dienone is 2. The van der Waals surface area contributed by atoms with Crippen molar-refractivity contribution in [3.8, 4) is 0 Å². The van der Waals surface area contributed by atoms with Crippen molar-refractivity contribution >= 4 is 17.5 Å². The molecule has 7 heteroatoms. The summed E-state index contributed by atoms with van der Waals surface area (Å²) in [5.74, 6) is -1.96. The van der Waals surface area contributed by atoms with Crippen molar-refractivity contribution in [3.63, 3.8) is 0 Å². The molecule has 1 unspecified atom stereocenters. The Morgan fingerprint density at radius 3 is 2.68 bits per heavy atom. The summed E-state index contributed by atoms with van der Waals surface area (Å²) in [5.41, 5.74) is -3.35. The maximum Gasteiger partial charge on any atom is 0.303 e. The van der Waals surface area contributed by atoms with Gasteiger partial charge in [-0.2, -0.15) is 0 Å². The third-order valence-electron chi connectivity index (χ3n) is 9.33. The van der Waals surface area contributed by atoms with Crippen molar-refractivity contribution in [3.05, 3.63) is 23.8 Å². The predicted molar refractivity (Wildman–Crippen MR) is 108 cm³/mol. The van der Waals surface area contributed by atoms with Crippen LogP contribution in [0.5, 0.6) is 0 Å². The number of carbonyl (C=O) groups is 3. The van der Waals surface area contributed by atoms with Crippen LogP contribution in [0.2, 0.25) is 0 Å². The second kappa shape index (κ2) is 6.13. The van der Waals surface area contributed by atoms with Crippen LogP contribution >= 0.6 is 0 Å². The number of carbonyl (C=O) groups excluding carboxylic acids is 3. The highest BCUT2D eigenvalue weighted by Crippen LogP contribution is 2.76. The lowest BCUT2D eigenvalue weighted by atomic mass is 9.46. The number of esters is 1. The lowest BCUT2D eigenvalue weighted by molar-refractivity contribution is -0.171. The molecule has 0 aromatic rings. The normalized spacial score (nSPS) is 51.7. The first kappa shape index (κ1) is 21.0. The van der Waals surface area contributed by atoms with Gasteiger partial charge >= 0.3 is 5.97 Å². The second-order valence-corrected chi connectivity index (χ2v) is 10.6. The molecular weight excluding hydrogens is 403 g/mol. The molecule has 4 fully saturated rings. The third kappa shape index (κ3) is 2.31. The lowest BCUT2D eigenvalue weighted by Gasteiger charge is -2.56. The molecule has 1 N–H and O–H groups in total. The number of ether oxygens (including phenoxy) is 2. The Hall–Kier alpha value is -1.86. The Balaban J connectivity index is 1.55. The summed E-state index contributed by atoms with van der Waals surface area (Å²) in [4.78, 5) is 36.3. The van der Waals surface area contributed by atoms with E-state index < -0.39 is 46.6 Å². The molecule has 0 aromatic carbocycles. The average molecular weight is 432 g/mol. The SMILES string of the molecule is CC(=O)OCC(=O)[C@@]1(O)[C@@H](C)C[C@H]2C3C[C@H](F)C4=CC(=O)C=C[C@]4(C)[C@@]34O[C@@H]4C[C@@]21C. The third-order valence-corrected chi connectivity index (χ3v) is 9.33. The van der Waals surface area contributed by atoms with E-state index in [0.717, 1.165) is 0 Å². The highest BCUT2D eigenvalue weighted by atomic mass is 19.1. The summed E-state index contributed by atoms with van der Waals surface area (Å²) >= 11 is 0. The van der Waals surface area contributed by atoms with Crippen molar-refractivity contribution in [2.75, 3.05) is 6.61 Å². The number of epoxide rings is 1. The molecule has 1 spiro atoms. The van der Waals surface area contributed by atoms with Gasteiger partial charge < -0.3 is 14.6 Å². The number of rotatable bonds is 3. The van der Waals surface area contributed by atoms with Gasteiger partial charge in [0.15, 0.2) is 12.4 Å². The van der Waals surface area contributed by atoms with Crippen LogP contribution in [0.25, 0.3) is 0 Å². The minimum absolute atomic E-state index is 0.129. The maximum atomic E-state index is 15.4. The summed E-state index contributed by atoms with van der Waals surface area (Å²) in [6.07, 6.45) is 4.42. The molecule has 31 heavy (non-hydrogen) atoms. The first-order chi connectivity index (χ1) is 14.4. The Kier molecular flexibility index (Phi) is 4.16. The van der Waals surface area contributed by atoms with E-state index >= 15 is 4.39 Å². The van der Waals surface area contributed by atoms with E-state index in [-0.39, 0.29) is 36.1 Å². The van der Waals surface area contributed by atoms with E-state index in [9.17, 15) is 19.5 Å². The Labute approximate surface area is 180 Å². The van der Waals surface area contributed by atoms with Crippen LogP contribution in [-0.2, 0) is 23.9 Å². The molecule has 0 aromatic heterocycles. The highest BCUT2D eigenvalue weighted by molar-refractivity contribution is 6.01. The zero-order chi connectivity index (χ0) is 22.6. The molecular formula is C24H29FO6. The minimum atomic E-state index is -1.67. The molecule has 1 saturated heterocycles. The number of hydrogen-bond donors (Lipinski definition) is 1. The standard InChI is InChI=1S/C24H29FO6/c1-12-7-15-16-9-18(25)17-8-14(27)5-6-21(17,3)24(16)20(31-24)10-22(15,4)23(12,29)19(28)11-30-13(2)26/h5-6,8,12,15-16,18,20,29H,7,9-11H2,1-4H3/t12-,15-,16?,18-,20+,21-,22-,23-,24+/m0/s1. The lowest BCUT2D eigenvalue weighted by Crippen LogP contribution is -2.63. The zero-order valence-corrected chi connectivity index (χ0v) is 18.3. The minimum Gasteiger partial charge on any atom is -0.458 e. The summed E-state index contributed by atoms with van der Waals surface area (Å²) in [7, 11) is 0. The molecule has 4 aliphatic carbocycles. The number of ketones is 2. The number of fused-ring (bicyclic) bond motifs is 3. The van der Waals surface area contributed by atoms with E-state index in [1.54, 1.807) is 6.08 Å². The number of halogens is 1. The number of aliphatic hydroxyl groups is 1. The van der Waals surface area contributed by atoms with Crippen molar-refractivity contribution in [1.82, 2.24) is 0 Å². The van der Waals surface area contributed by atoms with Crippen LogP contribution in [0.1, 0.15) is 47.0 Å². The summed E-state index contributed by atoms with van der Waals surface area (Å²) in [6.45, 7) is 6.45. The van der Waals surface area contributed by atoms with Crippen LogP contribution in [-0.4, -0.2) is 52.7 Å². The fraction of sp³-hybridized carbons (Fsp3) is 0.708. The second-order valence-electron chi connectivity index (χ2n) is 10.6. The molecule has 1 heterocycles. The summed E-state index contributed by atoms with van der Waals surface area (Å²) in [6, 6.07) is 0. The largest absolute Gasteiger partial charge is 0.458 e. The van der Waals surface area contributed by atoms with Crippen LogP contribution < -0.4 is 0 Å². The van der Waals surface area contributed by atoms with Gasteiger partial charge in [0.05, 0.1) is 6.10 Å². The average Bonchev–Trinajstić information content (AvgIpc) is 3.38. The van der Waals surface area contributed by atoms with Gasteiger partial charge in [0.2, 0.25) is 5.78 Å². The van der Waals surface area contributed by atoms with Crippen LogP contribution in [0, 0.1) is 28.6 Å². The van der Waals surface area contributed by atoms with Gasteiger partial charge in [0, 0.05) is 17.8 Å². The van der Waals surface area contributed by atoms with Gasteiger partial charge in [-0.15, -0.1) is 0 Å². The fourth-order valence-corrected chi connectivity index (χ4v) is 7.85. The van der Waals surface area contributed by atoms with Crippen LogP contribution in [0.3, 0.4) is 0 Å². The Morgan fingerprint density at radius 1 is 1.29 bits per heavy atom. The molecule has 3 saturated carbocycles. The smallest absolute Gasteiger partial charge is 0.303 e. The van der Waals surface area contributed by atoms with Gasteiger partial charge in [0.25, 0.3) is 0 Å². The van der Waals surface area contributed by atoms with E-state index in [2.05, 4.69) is 0 Å². The topological polar surface area (TPSA) is 93.2 Å². The molecule has 0 amide bonds. The first-order valence-corrected chi connectivity index (χ1v) is 11.1. The zero-order valence-electron chi connectivity index (χ0n) is 18.3. The monoisotopic (exact) mass is 432 g/mol. The van der Waals surface area contributed by atoms with Crippen LogP contribution in [0.15, 0.2) is 23.8 Å². The molecule has 1 aliphatic heterocycles. The first-order valence-electron chi connectivity index (χ1n) is 11.1. The number of Topliss-reactive ketones (excluding diaryl/α,β-unsaturated/α-hetero) is 1. The molecule has 5 aliphatic rings. The van der Waals surface area contributed by atoms with Gasteiger partial charge in [-0.1, -0.05) is 19.9 Å². The van der Waals surface area contributed by atoms with E-state index in [4.69, 9.17) is 9.47 Å². The van der Waals surface area contributed by atoms with E-state index in [1.807, 2.05) is 20.8 Å². The molecule has 0 radical (unpaired) electrons. The van der Waals surface area contributed by atoms with Crippen molar-refractivity contribution in [2.24, 2.45) is 28.6 Å². The molecule has 168 valence electrons. The predicted octanol–water partition coefficient (Wildman–Crippen LogP) is 2.48. The van der Waals surface area contributed by atoms with Crippen molar-refractivity contribution in [1.29, 1.82) is 0 Å². The Bertz CT molecular complexity index is 956. The van der Waals surface area contributed by atoms with Gasteiger partial charge in [-0.05, 0) is 61.7 Å². The quantitative estimate of drug-likeness (QED) is 0.544. The van der Waals surface area contributed by atoms with Crippen molar-refractivity contribution < 1.29 is 33.4 Å². The molecule has 5 rings (SSSR count). The van der Waals surface area contributed by atoms with E-state index in [0.29, 0.717) is 18.4 Å². The Morgan fingerprint density at radius 2 is 2.00 bits per heavy atom. The highest BCUT2D eigenvalue weighted by Gasteiger charge is 2.82. The number of hydrogen-bond acceptors (Lipinski definition) is 6. The molecule has 9 atom stereocenters. The van der Waals surface area contributed by atoms with E-state index in [1.165, 1.54) is 19.1 Å². The maximum absolute atomic E-state index is 15.4. The summed E-state index contributed by atoms with van der Waals surface area (Å²) in [5, 5.41) is 11.8. The fourth-order valence-electron chi connectivity index (χ4n) is 7.85. The van der Waals surface area contributed by atoms with Gasteiger partial charge in [-0.3, -0.25) is 14.4 Å². The van der Waals surface area contributed by atoms with Gasteiger partial charge in [0.1, 0.15) is 17.4 Å². The summed E-state index contributed by atoms with van der Waals surface area (Å²) < 4.78 is 26.7. The molecule has 6 nitrogen and oxygen atoms in total. The van der Waals surface area contributed by atoms with Crippen LogP contribution in [0.4, 0.5) is 4.39 Å². The van der Waals surface area contributed by atoms with Crippen molar-refractivity contribution in [2.45, 2.75) is 70.4 Å². The van der Waals surface area contributed by atoms with Gasteiger partial charge in [-0.25, -0.2) is 4.39 Å². The molecule has 0 bridgehead atoms.